The summed E-state index contributed by atoms with van der Waals surface area (Å²) in [7, 11) is 0. The van der Waals surface area contributed by atoms with Crippen LogP contribution in [0.3, 0.4) is 0 Å². The van der Waals surface area contributed by atoms with Crippen LogP contribution in [-0.2, 0) is 0 Å². The smallest absolute Gasteiger partial charge is 0.254 e. The molecule has 1 aliphatic rings. The predicted molar refractivity (Wildman–Crippen MR) is 91.0 cm³/mol. The summed E-state index contributed by atoms with van der Waals surface area (Å²) in [4.78, 5) is 20.7. The molecule has 1 saturated carbocycles. The Morgan fingerprint density at radius 3 is 2.52 bits per heavy atom. The van der Waals surface area contributed by atoms with Crippen LogP contribution in [0.2, 0.25) is 0 Å². The van der Waals surface area contributed by atoms with Crippen LogP contribution in [0.5, 0.6) is 0 Å². The van der Waals surface area contributed by atoms with Crippen molar-refractivity contribution in [2.24, 2.45) is 0 Å². The van der Waals surface area contributed by atoms with Crippen LogP contribution < -0.4 is 10.6 Å². The highest BCUT2D eigenvalue weighted by Crippen LogP contribution is 2.21. The molecule has 1 aromatic carbocycles. The van der Waals surface area contributed by atoms with Gasteiger partial charge in [0.05, 0.1) is 5.56 Å². The first-order chi connectivity index (χ1) is 11.1. The van der Waals surface area contributed by atoms with E-state index in [1.807, 2.05) is 12.1 Å². The van der Waals surface area contributed by atoms with Gasteiger partial charge in [0, 0.05) is 24.1 Å². The zero-order valence-electron chi connectivity index (χ0n) is 13.6. The van der Waals surface area contributed by atoms with Crippen LogP contribution in [0.25, 0.3) is 0 Å². The van der Waals surface area contributed by atoms with Crippen LogP contribution in [0.1, 0.15) is 47.2 Å². The molecule has 1 amide bonds. The number of hydrogen-bond acceptors (Lipinski definition) is 4. The highest BCUT2D eigenvalue weighted by molar-refractivity contribution is 5.93. The fourth-order valence-electron chi connectivity index (χ4n) is 2.86. The van der Waals surface area contributed by atoms with E-state index in [1.54, 1.807) is 12.4 Å². The summed E-state index contributed by atoms with van der Waals surface area (Å²) in [6, 6.07) is 6.36. The van der Waals surface area contributed by atoms with Crippen molar-refractivity contribution in [1.29, 1.82) is 0 Å². The molecule has 0 spiro atoms. The fraction of sp³-hybridized carbons (Fsp3) is 0.389. The Hall–Kier alpha value is -2.43. The number of rotatable bonds is 4. The quantitative estimate of drug-likeness (QED) is 0.907. The maximum absolute atomic E-state index is 12.2. The summed E-state index contributed by atoms with van der Waals surface area (Å²) in [5, 5.41) is 6.24. The van der Waals surface area contributed by atoms with Gasteiger partial charge in [0.25, 0.3) is 5.91 Å². The second kappa shape index (κ2) is 6.77. The molecule has 0 aliphatic heterocycles. The summed E-state index contributed by atoms with van der Waals surface area (Å²) < 4.78 is 0. The standard InChI is InChI=1S/C18H22N4O/c1-12-6-5-9-16(13(12)2)22-18-19-10-14(11-20-18)17(23)21-15-7-3-4-8-15/h5-6,9-11,15H,3-4,7-8H2,1-2H3,(H,21,23)(H,19,20,22). The first-order valence-corrected chi connectivity index (χ1v) is 8.09. The van der Waals surface area contributed by atoms with Crippen molar-refractivity contribution in [2.75, 3.05) is 5.32 Å². The number of anilines is 2. The van der Waals surface area contributed by atoms with Gasteiger partial charge < -0.3 is 10.6 Å². The summed E-state index contributed by atoms with van der Waals surface area (Å²) in [5.74, 6) is 0.409. The van der Waals surface area contributed by atoms with Crippen LogP contribution in [0, 0.1) is 13.8 Å². The molecule has 0 bridgehead atoms. The molecule has 5 nitrogen and oxygen atoms in total. The minimum absolute atomic E-state index is 0.0878. The second-order valence-electron chi connectivity index (χ2n) is 6.12. The lowest BCUT2D eigenvalue weighted by Gasteiger charge is -2.12. The van der Waals surface area contributed by atoms with E-state index >= 15 is 0 Å². The van der Waals surface area contributed by atoms with Gasteiger partial charge in [-0.05, 0) is 43.9 Å². The molecule has 1 heterocycles. The van der Waals surface area contributed by atoms with Gasteiger partial charge in [0.15, 0.2) is 0 Å². The summed E-state index contributed by atoms with van der Waals surface area (Å²) >= 11 is 0. The Kier molecular flexibility index (Phi) is 4.55. The number of carbonyl (C=O) groups is 1. The average Bonchev–Trinajstić information content (AvgIpc) is 3.05. The molecule has 120 valence electrons. The summed E-state index contributed by atoms with van der Waals surface area (Å²) in [6.07, 6.45) is 7.67. The lowest BCUT2D eigenvalue weighted by atomic mass is 10.1. The van der Waals surface area contributed by atoms with Gasteiger partial charge in [-0.15, -0.1) is 0 Å². The van der Waals surface area contributed by atoms with E-state index in [0.29, 0.717) is 17.6 Å². The van der Waals surface area contributed by atoms with Crippen molar-refractivity contribution in [1.82, 2.24) is 15.3 Å². The Bertz CT molecular complexity index is 691. The summed E-state index contributed by atoms with van der Waals surface area (Å²) in [5.41, 5.74) is 3.86. The van der Waals surface area contributed by atoms with E-state index in [-0.39, 0.29) is 5.91 Å². The molecule has 1 fully saturated rings. The lowest BCUT2D eigenvalue weighted by Crippen LogP contribution is -2.32. The van der Waals surface area contributed by atoms with Gasteiger partial charge in [0.1, 0.15) is 0 Å². The fourth-order valence-corrected chi connectivity index (χ4v) is 2.86. The van der Waals surface area contributed by atoms with Crippen molar-refractivity contribution < 1.29 is 4.79 Å². The number of aromatic nitrogens is 2. The number of aryl methyl sites for hydroxylation is 1. The maximum atomic E-state index is 12.2. The minimum atomic E-state index is -0.0878. The Morgan fingerprint density at radius 2 is 1.83 bits per heavy atom. The first-order valence-electron chi connectivity index (χ1n) is 8.09. The second-order valence-corrected chi connectivity index (χ2v) is 6.12. The van der Waals surface area contributed by atoms with Crippen molar-refractivity contribution >= 4 is 17.5 Å². The zero-order chi connectivity index (χ0) is 16.2. The molecule has 1 aromatic heterocycles. The predicted octanol–water partition coefficient (Wildman–Crippen LogP) is 3.51. The van der Waals surface area contributed by atoms with Gasteiger partial charge in [-0.1, -0.05) is 25.0 Å². The van der Waals surface area contributed by atoms with Gasteiger partial charge in [0.2, 0.25) is 5.95 Å². The van der Waals surface area contributed by atoms with E-state index in [4.69, 9.17) is 0 Å². The highest BCUT2D eigenvalue weighted by atomic mass is 16.1. The molecule has 0 saturated heterocycles. The van der Waals surface area contributed by atoms with Gasteiger partial charge >= 0.3 is 0 Å². The Morgan fingerprint density at radius 1 is 1.13 bits per heavy atom. The minimum Gasteiger partial charge on any atom is -0.349 e. The largest absolute Gasteiger partial charge is 0.349 e. The first kappa shape index (κ1) is 15.5. The number of nitrogens with zero attached hydrogens (tertiary/aromatic N) is 2. The number of benzene rings is 1. The van der Waals surface area contributed by atoms with Crippen molar-refractivity contribution in [3.8, 4) is 0 Å². The number of hydrogen-bond donors (Lipinski definition) is 2. The monoisotopic (exact) mass is 310 g/mol. The van der Waals surface area contributed by atoms with E-state index in [0.717, 1.165) is 18.5 Å². The molecule has 0 atom stereocenters. The number of nitrogens with one attached hydrogen (secondary N) is 2. The third-order valence-electron chi connectivity index (χ3n) is 4.46. The van der Waals surface area contributed by atoms with Crippen LogP contribution in [0.4, 0.5) is 11.6 Å². The molecule has 1 aliphatic carbocycles. The number of amides is 1. The molecule has 0 unspecified atom stereocenters. The highest BCUT2D eigenvalue weighted by Gasteiger charge is 2.18. The zero-order valence-corrected chi connectivity index (χ0v) is 13.6. The van der Waals surface area contributed by atoms with E-state index in [2.05, 4.69) is 40.5 Å². The van der Waals surface area contributed by atoms with Crippen LogP contribution in [0.15, 0.2) is 30.6 Å². The van der Waals surface area contributed by atoms with Crippen LogP contribution in [-0.4, -0.2) is 21.9 Å². The van der Waals surface area contributed by atoms with Crippen molar-refractivity contribution in [3.63, 3.8) is 0 Å². The van der Waals surface area contributed by atoms with Gasteiger partial charge in [-0.3, -0.25) is 4.79 Å². The third-order valence-corrected chi connectivity index (χ3v) is 4.46. The Balaban J connectivity index is 1.66. The van der Waals surface area contributed by atoms with Crippen molar-refractivity contribution in [3.05, 3.63) is 47.3 Å². The molecule has 2 N–H and O–H groups in total. The SMILES string of the molecule is Cc1cccc(Nc2ncc(C(=O)NC3CCCC3)cn2)c1C. The molecule has 2 aromatic rings. The topological polar surface area (TPSA) is 66.9 Å². The average molecular weight is 310 g/mol. The third kappa shape index (κ3) is 3.67. The Labute approximate surface area is 136 Å². The van der Waals surface area contributed by atoms with E-state index in [1.165, 1.54) is 24.0 Å². The lowest BCUT2D eigenvalue weighted by molar-refractivity contribution is 0.0937. The van der Waals surface area contributed by atoms with E-state index in [9.17, 15) is 4.79 Å². The summed E-state index contributed by atoms with van der Waals surface area (Å²) in [6.45, 7) is 4.12. The van der Waals surface area contributed by atoms with Crippen LogP contribution >= 0.6 is 0 Å². The molecular weight excluding hydrogens is 288 g/mol. The molecule has 23 heavy (non-hydrogen) atoms. The normalized spacial score (nSPS) is 14.7. The molecular formula is C18H22N4O. The molecule has 5 heteroatoms. The molecule has 3 rings (SSSR count). The van der Waals surface area contributed by atoms with Gasteiger partial charge in [-0.2, -0.15) is 0 Å². The number of carbonyl (C=O) groups excluding carboxylic acids is 1. The maximum Gasteiger partial charge on any atom is 0.254 e. The van der Waals surface area contributed by atoms with Crippen molar-refractivity contribution in [2.45, 2.75) is 45.6 Å². The molecule has 0 radical (unpaired) electrons. The van der Waals surface area contributed by atoms with E-state index < -0.39 is 0 Å². The van der Waals surface area contributed by atoms with Gasteiger partial charge in [-0.25, -0.2) is 9.97 Å².